The van der Waals surface area contributed by atoms with Gasteiger partial charge in [-0.25, -0.2) is 18.5 Å². The van der Waals surface area contributed by atoms with Crippen LogP contribution in [0.3, 0.4) is 0 Å². The summed E-state index contributed by atoms with van der Waals surface area (Å²) in [5.41, 5.74) is 5.31. The first-order valence-electron chi connectivity index (χ1n) is 10.8. The lowest BCUT2D eigenvalue weighted by Crippen LogP contribution is -2.28. The number of carbonyl (C=O) groups excluding carboxylic acids is 1. The number of hydrogen-bond donors (Lipinski definition) is 2. The van der Waals surface area contributed by atoms with Crippen LogP contribution in [0, 0.1) is 0 Å². The fourth-order valence-electron chi connectivity index (χ4n) is 4.20. The van der Waals surface area contributed by atoms with Gasteiger partial charge in [-0.15, -0.1) is 0 Å². The van der Waals surface area contributed by atoms with Gasteiger partial charge in [0, 0.05) is 6.54 Å². The zero-order valence-corrected chi connectivity index (χ0v) is 19.9. The fraction of sp³-hybridized carbons (Fsp3) is 0.391. The maximum Gasteiger partial charge on any atom is 0.238 e. The lowest BCUT2D eigenvalue weighted by atomic mass is 9.89. The SMILES string of the molecule is CCn1c(SCC(=O)NC(C)c2ccc3c(c2)CCCC3)nc2cc(S(N)(=O)=O)ccc21. The first-order chi connectivity index (χ1) is 15.3. The topological polar surface area (TPSA) is 107 Å². The molecular weight excluding hydrogens is 444 g/mol. The summed E-state index contributed by atoms with van der Waals surface area (Å²) in [6, 6.07) is 11.1. The van der Waals surface area contributed by atoms with Crippen LogP contribution in [0.15, 0.2) is 46.5 Å². The number of hydrogen-bond acceptors (Lipinski definition) is 5. The van der Waals surface area contributed by atoms with E-state index in [2.05, 4.69) is 28.5 Å². The van der Waals surface area contributed by atoms with E-state index >= 15 is 0 Å². The van der Waals surface area contributed by atoms with E-state index in [1.54, 1.807) is 6.07 Å². The molecule has 7 nitrogen and oxygen atoms in total. The Bertz CT molecular complexity index is 1270. The van der Waals surface area contributed by atoms with Gasteiger partial charge in [0.2, 0.25) is 15.9 Å². The van der Waals surface area contributed by atoms with Gasteiger partial charge in [0.1, 0.15) is 0 Å². The van der Waals surface area contributed by atoms with Crippen molar-refractivity contribution in [3.05, 3.63) is 53.1 Å². The van der Waals surface area contributed by atoms with Crippen LogP contribution in [0.25, 0.3) is 11.0 Å². The number of carbonyl (C=O) groups is 1. The molecule has 1 unspecified atom stereocenters. The molecule has 3 N–H and O–H groups in total. The summed E-state index contributed by atoms with van der Waals surface area (Å²) >= 11 is 1.34. The Morgan fingerprint density at radius 3 is 2.66 bits per heavy atom. The summed E-state index contributed by atoms with van der Waals surface area (Å²) in [4.78, 5) is 17.2. The van der Waals surface area contributed by atoms with Crippen LogP contribution in [-0.2, 0) is 34.2 Å². The molecule has 9 heteroatoms. The number of fused-ring (bicyclic) bond motifs is 2. The van der Waals surface area contributed by atoms with E-state index in [1.165, 1.54) is 47.9 Å². The molecule has 0 fully saturated rings. The summed E-state index contributed by atoms with van der Waals surface area (Å²) in [5, 5.41) is 8.99. The van der Waals surface area contributed by atoms with Crippen molar-refractivity contribution in [3.8, 4) is 0 Å². The van der Waals surface area contributed by atoms with Gasteiger partial charge in [-0.3, -0.25) is 4.79 Å². The minimum Gasteiger partial charge on any atom is -0.349 e. The molecule has 4 rings (SSSR count). The van der Waals surface area contributed by atoms with Gasteiger partial charge >= 0.3 is 0 Å². The standard InChI is InChI=1S/C23H28N4O3S2/c1-3-27-21-11-10-19(32(24,29)30)13-20(21)26-23(27)31-14-22(28)25-15(2)17-9-8-16-6-4-5-7-18(16)12-17/h8-13,15H,3-7,14H2,1-2H3,(H,25,28)(H2,24,29,30). The van der Waals surface area contributed by atoms with Crippen molar-refractivity contribution in [2.45, 2.75) is 62.2 Å². The number of nitrogens with one attached hydrogen (secondary N) is 1. The molecule has 1 aromatic heterocycles. The van der Waals surface area contributed by atoms with E-state index in [-0.39, 0.29) is 22.6 Å². The summed E-state index contributed by atoms with van der Waals surface area (Å²) < 4.78 is 25.2. The van der Waals surface area contributed by atoms with Crippen LogP contribution >= 0.6 is 11.8 Å². The molecule has 2 aromatic carbocycles. The van der Waals surface area contributed by atoms with Crippen LogP contribution in [0.2, 0.25) is 0 Å². The van der Waals surface area contributed by atoms with Crippen molar-refractivity contribution < 1.29 is 13.2 Å². The Labute approximate surface area is 192 Å². The van der Waals surface area contributed by atoms with Crippen molar-refractivity contribution in [1.82, 2.24) is 14.9 Å². The van der Waals surface area contributed by atoms with Crippen molar-refractivity contribution in [1.29, 1.82) is 0 Å². The van der Waals surface area contributed by atoms with Crippen LogP contribution < -0.4 is 10.5 Å². The van der Waals surface area contributed by atoms with Crippen LogP contribution in [-0.4, -0.2) is 29.6 Å². The third kappa shape index (κ3) is 4.84. The predicted octanol–water partition coefficient (Wildman–Crippen LogP) is 3.55. The Balaban J connectivity index is 1.44. The number of rotatable bonds is 7. The van der Waals surface area contributed by atoms with Crippen molar-refractivity contribution in [3.63, 3.8) is 0 Å². The highest BCUT2D eigenvalue weighted by molar-refractivity contribution is 7.99. The number of thioether (sulfide) groups is 1. The summed E-state index contributed by atoms with van der Waals surface area (Å²) in [6.07, 6.45) is 4.73. The Morgan fingerprint density at radius 2 is 1.94 bits per heavy atom. The first kappa shape index (κ1) is 22.8. The normalized spacial score (nSPS) is 14.8. The van der Waals surface area contributed by atoms with E-state index in [1.807, 2.05) is 18.4 Å². The number of sulfonamides is 1. The number of aryl methyl sites for hydroxylation is 3. The van der Waals surface area contributed by atoms with Crippen molar-refractivity contribution in [2.24, 2.45) is 5.14 Å². The van der Waals surface area contributed by atoms with Crippen LogP contribution in [0.4, 0.5) is 0 Å². The highest BCUT2D eigenvalue weighted by Crippen LogP contribution is 2.27. The third-order valence-electron chi connectivity index (χ3n) is 5.91. The molecule has 0 aliphatic heterocycles. The molecule has 1 aliphatic carbocycles. The molecule has 0 spiro atoms. The zero-order valence-electron chi connectivity index (χ0n) is 18.3. The predicted molar refractivity (Wildman–Crippen MR) is 127 cm³/mol. The van der Waals surface area contributed by atoms with Gasteiger partial charge < -0.3 is 9.88 Å². The lowest BCUT2D eigenvalue weighted by molar-refractivity contribution is -0.119. The van der Waals surface area contributed by atoms with Gasteiger partial charge in [-0.2, -0.15) is 0 Å². The van der Waals surface area contributed by atoms with Crippen LogP contribution in [0.5, 0.6) is 0 Å². The van der Waals surface area contributed by atoms with Gasteiger partial charge in [0.05, 0.1) is 27.7 Å². The maximum atomic E-state index is 12.6. The summed E-state index contributed by atoms with van der Waals surface area (Å²) in [6.45, 7) is 4.64. The smallest absolute Gasteiger partial charge is 0.238 e. The van der Waals surface area contributed by atoms with Crippen molar-refractivity contribution >= 4 is 38.7 Å². The van der Waals surface area contributed by atoms with Gasteiger partial charge in [0.25, 0.3) is 0 Å². The molecule has 3 aromatic rings. The number of primary sulfonamides is 1. The molecule has 1 heterocycles. The zero-order chi connectivity index (χ0) is 22.9. The second-order valence-electron chi connectivity index (χ2n) is 8.15. The quantitative estimate of drug-likeness (QED) is 0.512. The minimum absolute atomic E-state index is 0.0268. The number of imidazole rings is 1. The number of benzene rings is 2. The third-order valence-corrected chi connectivity index (χ3v) is 7.80. The number of nitrogens with zero attached hydrogens (tertiary/aromatic N) is 2. The average molecular weight is 473 g/mol. The first-order valence-corrected chi connectivity index (χ1v) is 13.4. The Morgan fingerprint density at radius 1 is 1.19 bits per heavy atom. The van der Waals surface area contributed by atoms with E-state index in [4.69, 9.17) is 5.14 Å². The molecule has 0 radical (unpaired) electrons. The van der Waals surface area contributed by atoms with Gasteiger partial charge in [-0.05, 0) is 74.4 Å². The van der Waals surface area contributed by atoms with Crippen LogP contribution in [0.1, 0.15) is 49.4 Å². The second kappa shape index (κ2) is 9.25. The van der Waals surface area contributed by atoms with E-state index < -0.39 is 10.0 Å². The Kier molecular flexibility index (Phi) is 6.60. The maximum absolute atomic E-state index is 12.6. The second-order valence-corrected chi connectivity index (χ2v) is 10.7. The lowest BCUT2D eigenvalue weighted by Gasteiger charge is -2.20. The minimum atomic E-state index is -3.80. The molecule has 32 heavy (non-hydrogen) atoms. The highest BCUT2D eigenvalue weighted by Gasteiger charge is 2.17. The molecule has 1 amide bonds. The summed E-state index contributed by atoms with van der Waals surface area (Å²) in [7, 11) is -3.80. The fourth-order valence-corrected chi connectivity index (χ4v) is 5.62. The molecule has 0 bridgehead atoms. The highest BCUT2D eigenvalue weighted by atomic mass is 32.2. The molecule has 1 aliphatic rings. The van der Waals surface area contributed by atoms with Gasteiger partial charge in [0.15, 0.2) is 5.16 Å². The van der Waals surface area contributed by atoms with E-state index in [0.717, 1.165) is 23.9 Å². The molecule has 1 atom stereocenters. The van der Waals surface area contributed by atoms with Gasteiger partial charge in [-0.1, -0.05) is 30.0 Å². The van der Waals surface area contributed by atoms with E-state index in [9.17, 15) is 13.2 Å². The van der Waals surface area contributed by atoms with E-state index in [0.29, 0.717) is 17.2 Å². The average Bonchev–Trinajstić information content (AvgIpc) is 3.13. The molecular formula is C23H28N4O3S2. The number of aromatic nitrogens is 2. The molecule has 170 valence electrons. The largest absolute Gasteiger partial charge is 0.349 e. The molecule has 0 saturated heterocycles. The monoisotopic (exact) mass is 472 g/mol. The number of amides is 1. The van der Waals surface area contributed by atoms with Crippen molar-refractivity contribution in [2.75, 3.05) is 5.75 Å². The Hall–Kier alpha value is -2.36. The summed E-state index contributed by atoms with van der Waals surface area (Å²) in [5.74, 6) is 0.154. The number of nitrogens with two attached hydrogens (primary N) is 1. The molecule has 0 saturated carbocycles.